The summed E-state index contributed by atoms with van der Waals surface area (Å²) < 4.78 is 0. The van der Waals surface area contributed by atoms with Crippen molar-refractivity contribution in [2.45, 2.75) is 47.1 Å². The Morgan fingerprint density at radius 2 is 1.83 bits per heavy atom. The zero-order chi connectivity index (χ0) is 14.1. The first-order chi connectivity index (χ1) is 8.16. The van der Waals surface area contributed by atoms with E-state index in [4.69, 9.17) is 10.8 Å². The first-order valence-electron chi connectivity index (χ1n) is 6.21. The molecule has 1 unspecified atom stereocenters. The van der Waals surface area contributed by atoms with E-state index < -0.39 is 11.4 Å². The number of hydrogen-bond donors (Lipinski definition) is 2. The van der Waals surface area contributed by atoms with Gasteiger partial charge in [-0.05, 0) is 48.4 Å². The van der Waals surface area contributed by atoms with Crippen LogP contribution < -0.4 is 5.73 Å². The molecule has 0 aliphatic carbocycles. The minimum absolute atomic E-state index is 0.0700. The average Bonchev–Trinajstić information content (AvgIpc) is 2.23. The molecule has 0 heterocycles. The minimum Gasteiger partial charge on any atom is -0.481 e. The molecular formula is C15H23NO2. The van der Waals surface area contributed by atoms with E-state index in [1.54, 1.807) is 0 Å². The second-order valence-corrected chi connectivity index (χ2v) is 5.76. The number of carbonyl (C=O) groups is 1. The fourth-order valence-electron chi connectivity index (χ4n) is 2.23. The molecule has 1 aromatic rings. The minimum atomic E-state index is -0.808. The van der Waals surface area contributed by atoms with Crippen molar-refractivity contribution in [1.29, 1.82) is 0 Å². The average molecular weight is 249 g/mol. The van der Waals surface area contributed by atoms with E-state index in [9.17, 15) is 4.79 Å². The predicted octanol–water partition coefficient (Wildman–Crippen LogP) is 3.11. The highest BCUT2D eigenvalue weighted by Crippen LogP contribution is 2.36. The highest BCUT2D eigenvalue weighted by Gasteiger charge is 2.31. The molecule has 0 bridgehead atoms. The molecule has 1 atom stereocenters. The molecule has 0 saturated heterocycles. The number of benzene rings is 1. The fraction of sp³-hybridized carbons (Fsp3) is 0.533. The van der Waals surface area contributed by atoms with Crippen LogP contribution in [0.5, 0.6) is 0 Å². The van der Waals surface area contributed by atoms with Gasteiger partial charge in [0, 0.05) is 6.04 Å². The Morgan fingerprint density at radius 1 is 1.28 bits per heavy atom. The fourth-order valence-corrected chi connectivity index (χ4v) is 2.23. The van der Waals surface area contributed by atoms with Crippen molar-refractivity contribution in [3.05, 3.63) is 34.4 Å². The Hall–Kier alpha value is -1.35. The number of carboxylic acids is 1. The molecule has 0 fully saturated rings. The lowest BCUT2D eigenvalue weighted by Gasteiger charge is -2.32. The third kappa shape index (κ3) is 2.91. The van der Waals surface area contributed by atoms with Gasteiger partial charge in [-0.15, -0.1) is 0 Å². The smallest absolute Gasteiger partial charge is 0.303 e. The predicted molar refractivity (Wildman–Crippen MR) is 73.6 cm³/mol. The van der Waals surface area contributed by atoms with Crippen LogP contribution in [0.2, 0.25) is 0 Å². The maximum atomic E-state index is 10.9. The molecule has 3 nitrogen and oxygen atoms in total. The van der Waals surface area contributed by atoms with Gasteiger partial charge >= 0.3 is 5.97 Å². The van der Waals surface area contributed by atoms with Crippen LogP contribution >= 0.6 is 0 Å². The van der Waals surface area contributed by atoms with E-state index >= 15 is 0 Å². The second kappa shape index (κ2) is 5.11. The quantitative estimate of drug-likeness (QED) is 0.861. The Kier molecular flexibility index (Phi) is 4.17. The van der Waals surface area contributed by atoms with Gasteiger partial charge in [-0.2, -0.15) is 0 Å². The van der Waals surface area contributed by atoms with Gasteiger partial charge in [0.1, 0.15) is 0 Å². The van der Waals surface area contributed by atoms with Gasteiger partial charge in [0.15, 0.2) is 0 Å². The number of nitrogens with two attached hydrogens (primary N) is 1. The van der Waals surface area contributed by atoms with Gasteiger partial charge < -0.3 is 10.8 Å². The Bertz CT molecular complexity index is 464. The maximum absolute atomic E-state index is 10.9. The van der Waals surface area contributed by atoms with Gasteiger partial charge in [-0.25, -0.2) is 0 Å². The normalized spacial score (nSPS) is 13.4. The van der Waals surface area contributed by atoms with Crippen LogP contribution in [-0.4, -0.2) is 11.1 Å². The lowest BCUT2D eigenvalue weighted by Crippen LogP contribution is -2.32. The van der Waals surface area contributed by atoms with E-state index in [1.807, 2.05) is 32.9 Å². The van der Waals surface area contributed by atoms with Crippen LogP contribution in [0.25, 0.3) is 0 Å². The monoisotopic (exact) mass is 249 g/mol. The van der Waals surface area contributed by atoms with Crippen molar-refractivity contribution in [2.24, 2.45) is 11.1 Å². The number of carboxylic acid groups (broad SMARTS) is 1. The van der Waals surface area contributed by atoms with Crippen LogP contribution in [0.4, 0.5) is 0 Å². The highest BCUT2D eigenvalue weighted by molar-refractivity contribution is 5.67. The molecule has 3 heteroatoms. The lowest BCUT2D eigenvalue weighted by atomic mass is 9.76. The molecule has 100 valence electrons. The molecule has 0 spiro atoms. The van der Waals surface area contributed by atoms with Crippen molar-refractivity contribution >= 4 is 5.97 Å². The summed E-state index contributed by atoms with van der Waals surface area (Å²) in [5, 5.41) is 8.96. The van der Waals surface area contributed by atoms with Crippen LogP contribution in [0, 0.1) is 26.2 Å². The molecule has 3 N–H and O–H groups in total. The molecule has 0 aliphatic rings. The molecule has 18 heavy (non-hydrogen) atoms. The first-order valence-corrected chi connectivity index (χ1v) is 6.21. The molecule has 0 aromatic heterocycles. The van der Waals surface area contributed by atoms with Crippen molar-refractivity contribution in [3.8, 4) is 0 Å². The Morgan fingerprint density at radius 3 is 2.33 bits per heavy atom. The summed E-state index contributed by atoms with van der Waals surface area (Å²) in [5.74, 6) is -0.808. The summed E-state index contributed by atoms with van der Waals surface area (Å²) in [6.45, 7) is 10.0. The molecule has 1 aromatic carbocycles. The van der Waals surface area contributed by atoms with Gasteiger partial charge in [0.25, 0.3) is 0 Å². The molecular weight excluding hydrogens is 226 g/mol. The largest absolute Gasteiger partial charge is 0.481 e. The van der Waals surface area contributed by atoms with Crippen LogP contribution in [0.3, 0.4) is 0 Å². The van der Waals surface area contributed by atoms with Gasteiger partial charge in [0.05, 0.1) is 6.42 Å². The summed E-state index contributed by atoms with van der Waals surface area (Å²) in [7, 11) is 0. The van der Waals surface area contributed by atoms with E-state index in [-0.39, 0.29) is 12.5 Å². The third-order valence-electron chi connectivity index (χ3n) is 3.88. The summed E-state index contributed by atoms with van der Waals surface area (Å²) in [6.07, 6.45) is 0.0700. The van der Waals surface area contributed by atoms with E-state index in [2.05, 4.69) is 13.8 Å². The van der Waals surface area contributed by atoms with Crippen molar-refractivity contribution < 1.29 is 9.90 Å². The van der Waals surface area contributed by atoms with E-state index in [0.29, 0.717) is 0 Å². The van der Waals surface area contributed by atoms with Crippen LogP contribution in [-0.2, 0) is 4.79 Å². The molecule has 1 rings (SSSR count). The summed E-state index contributed by atoms with van der Waals surface area (Å²) in [5.41, 5.74) is 10.5. The topological polar surface area (TPSA) is 63.3 Å². The van der Waals surface area contributed by atoms with Gasteiger partial charge in [0.2, 0.25) is 0 Å². The van der Waals surface area contributed by atoms with Crippen LogP contribution in [0.1, 0.15) is 48.6 Å². The molecule has 0 saturated carbocycles. The third-order valence-corrected chi connectivity index (χ3v) is 3.88. The van der Waals surface area contributed by atoms with Crippen LogP contribution in [0.15, 0.2) is 12.1 Å². The van der Waals surface area contributed by atoms with Crippen molar-refractivity contribution in [3.63, 3.8) is 0 Å². The second-order valence-electron chi connectivity index (χ2n) is 5.76. The standard InChI is InChI=1S/C15H23NO2/c1-9-6-7-12(11(3)10(9)2)14(16)15(4,5)8-13(17)18/h6-7,14H,8,16H2,1-5H3,(H,17,18). The zero-order valence-electron chi connectivity index (χ0n) is 11.9. The molecule has 0 radical (unpaired) electrons. The molecule has 0 aliphatic heterocycles. The SMILES string of the molecule is Cc1ccc(C(N)C(C)(C)CC(=O)O)c(C)c1C. The van der Waals surface area contributed by atoms with Gasteiger partial charge in [-0.1, -0.05) is 26.0 Å². The summed E-state index contributed by atoms with van der Waals surface area (Å²) in [4.78, 5) is 10.9. The van der Waals surface area contributed by atoms with E-state index in [0.717, 1.165) is 5.56 Å². The number of aliphatic carboxylic acids is 1. The zero-order valence-corrected chi connectivity index (χ0v) is 11.9. The first kappa shape index (κ1) is 14.7. The maximum Gasteiger partial charge on any atom is 0.303 e. The van der Waals surface area contributed by atoms with Crippen molar-refractivity contribution in [2.75, 3.05) is 0 Å². The Labute approximate surface area is 109 Å². The van der Waals surface area contributed by atoms with Gasteiger partial charge in [-0.3, -0.25) is 4.79 Å². The summed E-state index contributed by atoms with van der Waals surface area (Å²) in [6, 6.07) is 3.80. The molecule has 0 amide bonds. The number of aryl methyl sites for hydroxylation is 1. The van der Waals surface area contributed by atoms with Crippen molar-refractivity contribution in [1.82, 2.24) is 0 Å². The van der Waals surface area contributed by atoms with E-state index in [1.165, 1.54) is 16.7 Å². The summed E-state index contributed by atoms with van der Waals surface area (Å²) >= 11 is 0. The lowest BCUT2D eigenvalue weighted by molar-refractivity contribution is -0.139. The number of hydrogen-bond acceptors (Lipinski definition) is 2. The number of rotatable bonds is 4. The Balaban J connectivity index is 3.15. The highest BCUT2D eigenvalue weighted by atomic mass is 16.4.